The van der Waals surface area contributed by atoms with E-state index in [4.69, 9.17) is 4.74 Å². The lowest BCUT2D eigenvalue weighted by Gasteiger charge is -2.14. The molecule has 2 N–H and O–H groups in total. The van der Waals surface area contributed by atoms with Crippen molar-refractivity contribution in [2.75, 3.05) is 19.0 Å². The second-order valence-electron chi connectivity index (χ2n) is 4.17. The number of ether oxygens (including phenoxy) is 1. The van der Waals surface area contributed by atoms with Crippen molar-refractivity contribution in [1.82, 2.24) is 10.2 Å². The zero-order chi connectivity index (χ0) is 13.8. The molecule has 6 nitrogen and oxygen atoms in total. The van der Waals surface area contributed by atoms with E-state index in [1.807, 2.05) is 25.1 Å². The van der Waals surface area contributed by atoms with Crippen LogP contribution in [-0.4, -0.2) is 41.0 Å². The number of methoxy groups -OCH3 is 1. The van der Waals surface area contributed by atoms with Gasteiger partial charge in [0.15, 0.2) is 5.69 Å². The summed E-state index contributed by atoms with van der Waals surface area (Å²) in [5.41, 5.74) is 1.05. The molecular weight excluding hydrogens is 246 g/mol. The molecule has 1 aromatic carbocycles. The molecule has 0 saturated carbocycles. The van der Waals surface area contributed by atoms with E-state index in [2.05, 4.69) is 15.5 Å². The first-order valence-corrected chi connectivity index (χ1v) is 5.89. The molecule has 1 atom stereocenters. The minimum Gasteiger partial charge on any atom is -0.476 e. The third-order valence-corrected chi connectivity index (χ3v) is 2.84. The highest BCUT2D eigenvalue weighted by Crippen LogP contribution is 2.24. The summed E-state index contributed by atoms with van der Waals surface area (Å²) in [4.78, 5) is 11.2. The number of hydrogen-bond donors (Lipinski definition) is 2. The van der Waals surface area contributed by atoms with Crippen LogP contribution in [0.2, 0.25) is 0 Å². The van der Waals surface area contributed by atoms with E-state index < -0.39 is 5.97 Å². The first-order valence-electron chi connectivity index (χ1n) is 5.89. The monoisotopic (exact) mass is 261 g/mol. The van der Waals surface area contributed by atoms with E-state index in [0.717, 1.165) is 5.39 Å². The van der Waals surface area contributed by atoms with Crippen LogP contribution in [0.25, 0.3) is 10.9 Å². The Morgan fingerprint density at radius 3 is 2.84 bits per heavy atom. The number of nitrogens with zero attached hydrogens (tertiary/aromatic N) is 2. The average molecular weight is 261 g/mol. The Balaban J connectivity index is 2.46. The number of hydrogen-bond acceptors (Lipinski definition) is 5. The summed E-state index contributed by atoms with van der Waals surface area (Å²) in [5, 5.41) is 20.7. The van der Waals surface area contributed by atoms with Gasteiger partial charge in [-0.05, 0) is 13.0 Å². The largest absolute Gasteiger partial charge is 0.476 e. The van der Waals surface area contributed by atoms with Crippen LogP contribution in [0.3, 0.4) is 0 Å². The summed E-state index contributed by atoms with van der Waals surface area (Å²) in [6, 6.07) is 7.27. The smallest absolute Gasteiger partial charge is 0.358 e. The van der Waals surface area contributed by atoms with Gasteiger partial charge in [-0.2, -0.15) is 0 Å². The molecular formula is C13H15N3O3. The molecule has 6 heteroatoms. The maximum atomic E-state index is 11.2. The maximum Gasteiger partial charge on any atom is 0.358 e. The number of rotatable bonds is 5. The summed E-state index contributed by atoms with van der Waals surface area (Å²) >= 11 is 0. The molecule has 0 aliphatic rings. The van der Waals surface area contributed by atoms with Crippen molar-refractivity contribution in [1.29, 1.82) is 0 Å². The van der Waals surface area contributed by atoms with Crippen LogP contribution in [-0.2, 0) is 4.74 Å². The zero-order valence-corrected chi connectivity index (χ0v) is 10.8. The van der Waals surface area contributed by atoms with Crippen molar-refractivity contribution >= 4 is 22.6 Å². The number of carboxylic acids is 1. The third-order valence-electron chi connectivity index (χ3n) is 2.84. The molecule has 0 aliphatic carbocycles. The van der Waals surface area contributed by atoms with Crippen LogP contribution < -0.4 is 5.32 Å². The molecule has 1 aromatic heterocycles. The Morgan fingerprint density at radius 1 is 1.42 bits per heavy atom. The molecule has 0 bridgehead atoms. The fraction of sp³-hybridized carbons (Fsp3) is 0.308. The van der Waals surface area contributed by atoms with E-state index in [-0.39, 0.29) is 11.8 Å². The summed E-state index contributed by atoms with van der Waals surface area (Å²) in [6.45, 7) is 2.39. The first-order chi connectivity index (χ1) is 9.13. The van der Waals surface area contributed by atoms with Gasteiger partial charge in [-0.25, -0.2) is 4.79 Å². The molecule has 0 saturated heterocycles. The molecule has 0 amide bonds. The predicted molar refractivity (Wildman–Crippen MR) is 71.5 cm³/mol. The van der Waals surface area contributed by atoms with Gasteiger partial charge in [0.25, 0.3) is 0 Å². The molecule has 2 rings (SSSR count). The van der Waals surface area contributed by atoms with Crippen LogP contribution in [0, 0.1) is 0 Å². The van der Waals surface area contributed by atoms with Crippen molar-refractivity contribution in [3.8, 4) is 0 Å². The molecule has 1 unspecified atom stereocenters. The number of carbonyl (C=O) groups is 1. The van der Waals surface area contributed by atoms with E-state index in [9.17, 15) is 9.90 Å². The van der Waals surface area contributed by atoms with Gasteiger partial charge >= 0.3 is 5.97 Å². The molecule has 0 fully saturated rings. The highest BCUT2D eigenvalue weighted by atomic mass is 16.5. The third kappa shape index (κ3) is 2.79. The normalized spacial score (nSPS) is 12.3. The number of fused-ring (bicyclic) bond motifs is 1. The van der Waals surface area contributed by atoms with Crippen molar-refractivity contribution in [2.45, 2.75) is 13.0 Å². The van der Waals surface area contributed by atoms with E-state index >= 15 is 0 Å². The lowest BCUT2D eigenvalue weighted by atomic mass is 10.1. The van der Waals surface area contributed by atoms with Gasteiger partial charge in [-0.15, -0.1) is 10.2 Å². The SMILES string of the molecule is COC(C)CNc1c(C(=O)O)nnc2ccccc12. The topological polar surface area (TPSA) is 84.3 Å². The zero-order valence-electron chi connectivity index (χ0n) is 10.8. The van der Waals surface area contributed by atoms with Crippen molar-refractivity contribution in [3.05, 3.63) is 30.0 Å². The molecule has 1 heterocycles. The molecule has 0 radical (unpaired) electrons. The van der Waals surface area contributed by atoms with Gasteiger partial charge in [-0.3, -0.25) is 0 Å². The summed E-state index contributed by atoms with van der Waals surface area (Å²) in [7, 11) is 1.60. The number of aromatic carboxylic acids is 1. The van der Waals surface area contributed by atoms with Gasteiger partial charge in [0.1, 0.15) is 0 Å². The van der Waals surface area contributed by atoms with Crippen molar-refractivity contribution < 1.29 is 14.6 Å². The van der Waals surface area contributed by atoms with Crippen molar-refractivity contribution in [3.63, 3.8) is 0 Å². The maximum absolute atomic E-state index is 11.2. The summed E-state index contributed by atoms with van der Waals surface area (Å²) in [5.74, 6) is -1.11. The van der Waals surface area contributed by atoms with Crippen LogP contribution in [0.5, 0.6) is 0 Å². The van der Waals surface area contributed by atoms with E-state index in [1.54, 1.807) is 13.2 Å². The summed E-state index contributed by atoms with van der Waals surface area (Å²) < 4.78 is 5.14. The Labute approximate surface area is 110 Å². The molecule has 0 spiro atoms. The van der Waals surface area contributed by atoms with Crippen molar-refractivity contribution in [2.24, 2.45) is 0 Å². The van der Waals surface area contributed by atoms with Crippen LogP contribution >= 0.6 is 0 Å². The standard InChI is InChI=1S/C13H15N3O3/c1-8(19-2)7-14-11-9-5-3-4-6-10(9)15-16-12(11)13(17)18/h3-6,8H,7H2,1-2H3,(H,14,15)(H,17,18). The van der Waals surface area contributed by atoms with Crippen LogP contribution in [0.4, 0.5) is 5.69 Å². The predicted octanol–water partition coefficient (Wildman–Crippen LogP) is 1.77. The Kier molecular flexibility index (Phi) is 3.91. The van der Waals surface area contributed by atoms with E-state index in [0.29, 0.717) is 17.7 Å². The second kappa shape index (κ2) is 5.62. The lowest BCUT2D eigenvalue weighted by molar-refractivity contribution is 0.0690. The molecule has 19 heavy (non-hydrogen) atoms. The van der Waals surface area contributed by atoms with Gasteiger partial charge in [0.2, 0.25) is 0 Å². The Hall–Kier alpha value is -2.21. The number of benzene rings is 1. The molecule has 100 valence electrons. The molecule has 0 aliphatic heterocycles. The highest BCUT2D eigenvalue weighted by molar-refractivity contribution is 6.02. The van der Waals surface area contributed by atoms with Gasteiger partial charge < -0.3 is 15.2 Å². The van der Waals surface area contributed by atoms with Gasteiger partial charge in [0.05, 0.1) is 17.3 Å². The Morgan fingerprint density at radius 2 is 2.16 bits per heavy atom. The fourth-order valence-electron chi connectivity index (χ4n) is 1.71. The lowest BCUT2D eigenvalue weighted by Crippen LogP contribution is -2.20. The van der Waals surface area contributed by atoms with Gasteiger partial charge in [-0.1, -0.05) is 18.2 Å². The minimum atomic E-state index is -1.11. The van der Waals surface area contributed by atoms with Crippen LogP contribution in [0.15, 0.2) is 24.3 Å². The highest BCUT2D eigenvalue weighted by Gasteiger charge is 2.16. The number of anilines is 1. The number of aromatic nitrogens is 2. The average Bonchev–Trinajstić information content (AvgIpc) is 2.43. The number of carboxylic acid groups (broad SMARTS) is 1. The Bertz CT molecular complexity index is 601. The first kappa shape index (κ1) is 13.2. The second-order valence-corrected chi connectivity index (χ2v) is 4.17. The van der Waals surface area contributed by atoms with Gasteiger partial charge in [0, 0.05) is 19.0 Å². The minimum absolute atomic E-state index is 0.0337. The van der Waals surface area contributed by atoms with E-state index in [1.165, 1.54) is 0 Å². The number of nitrogens with one attached hydrogen (secondary N) is 1. The molecule has 2 aromatic rings. The fourth-order valence-corrected chi connectivity index (χ4v) is 1.71. The quantitative estimate of drug-likeness (QED) is 0.853. The van der Waals surface area contributed by atoms with Crippen LogP contribution in [0.1, 0.15) is 17.4 Å². The summed E-state index contributed by atoms with van der Waals surface area (Å²) in [6.07, 6.45) is -0.0337.